The van der Waals surface area contributed by atoms with Crippen LogP contribution in [0.4, 0.5) is 5.69 Å². The Morgan fingerprint density at radius 1 is 1.45 bits per heavy atom. The topological polar surface area (TPSA) is 89.3 Å². The molecule has 0 radical (unpaired) electrons. The molecule has 1 heterocycles. The second kappa shape index (κ2) is 8.18. The zero-order valence-electron chi connectivity index (χ0n) is 10.8. The highest BCUT2D eigenvalue weighted by atomic mass is 35.5. The zero-order chi connectivity index (χ0) is 15.2. The Labute approximate surface area is 131 Å². The molecule has 114 valence electrons. The summed E-state index contributed by atoms with van der Waals surface area (Å²) in [5.74, 6) is 1.06. The van der Waals surface area contributed by atoms with Crippen molar-refractivity contribution in [1.29, 1.82) is 0 Å². The molecule has 0 fully saturated rings. The lowest BCUT2D eigenvalue weighted by molar-refractivity contribution is -0.384. The number of unbranched alkanes of at least 4 members (excludes halogenated alkanes) is 2. The van der Waals surface area contributed by atoms with Crippen molar-refractivity contribution >= 4 is 50.4 Å². The fourth-order valence-corrected chi connectivity index (χ4v) is 4.70. The van der Waals surface area contributed by atoms with Gasteiger partial charge in [0.2, 0.25) is 10.0 Å². The first-order valence-electron chi connectivity index (χ1n) is 5.81. The number of rotatable bonds is 9. The molecule has 1 aromatic rings. The highest BCUT2D eigenvalue weighted by molar-refractivity contribution is 7.98. The molecule has 1 rings (SSSR count). The lowest BCUT2D eigenvalue weighted by Gasteiger charge is -2.03. The van der Waals surface area contributed by atoms with E-state index in [0.717, 1.165) is 31.1 Å². The van der Waals surface area contributed by atoms with Gasteiger partial charge in [0.1, 0.15) is 4.21 Å². The number of thioether (sulfide) groups is 1. The van der Waals surface area contributed by atoms with Crippen LogP contribution in [-0.4, -0.2) is 31.9 Å². The average molecular weight is 359 g/mol. The summed E-state index contributed by atoms with van der Waals surface area (Å²) in [6.07, 6.45) is 4.74. The van der Waals surface area contributed by atoms with Crippen molar-refractivity contribution in [1.82, 2.24) is 4.72 Å². The second-order valence-electron chi connectivity index (χ2n) is 3.93. The molecule has 10 heteroatoms. The Bertz CT molecular complexity index is 559. The van der Waals surface area contributed by atoms with Crippen LogP contribution in [0.3, 0.4) is 0 Å². The summed E-state index contributed by atoms with van der Waals surface area (Å²) >= 11 is 8.09. The van der Waals surface area contributed by atoms with E-state index in [2.05, 4.69) is 4.72 Å². The van der Waals surface area contributed by atoms with E-state index in [-0.39, 0.29) is 14.2 Å². The molecule has 0 bridgehead atoms. The molecule has 0 aliphatic rings. The van der Waals surface area contributed by atoms with Crippen LogP contribution in [0.5, 0.6) is 0 Å². The fraction of sp³-hybridized carbons (Fsp3) is 0.600. The maximum Gasteiger partial charge on any atom is 0.300 e. The van der Waals surface area contributed by atoms with Crippen LogP contribution in [0.25, 0.3) is 0 Å². The van der Waals surface area contributed by atoms with E-state index >= 15 is 0 Å². The van der Waals surface area contributed by atoms with E-state index in [1.54, 1.807) is 11.8 Å². The maximum atomic E-state index is 11.9. The summed E-state index contributed by atoms with van der Waals surface area (Å²) in [5, 5.41) is 10.6. The van der Waals surface area contributed by atoms with Crippen molar-refractivity contribution in [3.8, 4) is 0 Å². The van der Waals surface area contributed by atoms with Gasteiger partial charge in [-0.25, -0.2) is 13.1 Å². The molecular formula is C10H15ClN2O4S3. The molecule has 0 aliphatic carbocycles. The van der Waals surface area contributed by atoms with E-state index < -0.39 is 14.9 Å². The molecule has 20 heavy (non-hydrogen) atoms. The SMILES string of the molecule is CSCCCCCNS(=O)(=O)c1cc([N+](=O)[O-])c(Cl)s1. The van der Waals surface area contributed by atoms with Gasteiger partial charge in [-0.3, -0.25) is 10.1 Å². The minimum absolute atomic E-state index is 0.127. The zero-order valence-corrected chi connectivity index (χ0v) is 14.0. The standard InChI is InChI=1S/C10H15ClN2O4S3/c1-18-6-4-2-3-5-12-20(16,17)9-7-8(13(14)15)10(11)19-9/h7,12H,2-6H2,1H3. The lowest BCUT2D eigenvalue weighted by atomic mass is 10.2. The molecule has 0 saturated carbocycles. The molecule has 0 saturated heterocycles. The van der Waals surface area contributed by atoms with Crippen LogP contribution >= 0.6 is 34.7 Å². The molecule has 1 N–H and O–H groups in total. The maximum absolute atomic E-state index is 11.9. The van der Waals surface area contributed by atoms with Gasteiger partial charge in [0.05, 0.1) is 4.92 Å². The van der Waals surface area contributed by atoms with Crippen LogP contribution < -0.4 is 4.72 Å². The minimum Gasteiger partial charge on any atom is -0.258 e. The van der Waals surface area contributed by atoms with E-state index in [4.69, 9.17) is 11.6 Å². The number of nitrogens with one attached hydrogen (secondary N) is 1. The normalized spacial score (nSPS) is 11.7. The number of nitrogens with zero attached hydrogens (tertiary/aromatic N) is 1. The number of hydrogen-bond donors (Lipinski definition) is 1. The number of hydrogen-bond acceptors (Lipinski definition) is 6. The third-order valence-electron chi connectivity index (χ3n) is 2.43. The first-order valence-corrected chi connectivity index (χ1v) is 9.88. The quantitative estimate of drug-likeness (QED) is 0.416. The second-order valence-corrected chi connectivity index (χ2v) is 8.57. The van der Waals surface area contributed by atoms with Crippen LogP contribution in [0.15, 0.2) is 10.3 Å². The summed E-state index contributed by atoms with van der Waals surface area (Å²) < 4.78 is 26.0. The third-order valence-corrected chi connectivity index (χ3v) is 6.39. The van der Waals surface area contributed by atoms with Gasteiger partial charge in [0.25, 0.3) is 5.69 Å². The summed E-state index contributed by atoms with van der Waals surface area (Å²) in [6, 6.07) is 0.989. The monoisotopic (exact) mass is 358 g/mol. The minimum atomic E-state index is -3.71. The van der Waals surface area contributed by atoms with E-state index in [1.165, 1.54) is 0 Å². The van der Waals surface area contributed by atoms with Crippen LogP contribution in [-0.2, 0) is 10.0 Å². The summed E-state index contributed by atoms with van der Waals surface area (Å²) in [4.78, 5) is 9.94. The number of nitro groups is 1. The van der Waals surface area contributed by atoms with Gasteiger partial charge < -0.3 is 0 Å². The smallest absolute Gasteiger partial charge is 0.258 e. The van der Waals surface area contributed by atoms with Crippen molar-refractivity contribution in [2.45, 2.75) is 23.5 Å². The van der Waals surface area contributed by atoms with Crippen molar-refractivity contribution in [3.63, 3.8) is 0 Å². The van der Waals surface area contributed by atoms with Gasteiger partial charge in [0.15, 0.2) is 4.34 Å². The van der Waals surface area contributed by atoms with Gasteiger partial charge >= 0.3 is 0 Å². The highest BCUT2D eigenvalue weighted by Gasteiger charge is 2.24. The van der Waals surface area contributed by atoms with E-state index in [1.807, 2.05) is 6.26 Å². The Hall–Kier alpha value is -0.350. The fourth-order valence-electron chi connectivity index (χ4n) is 1.42. The van der Waals surface area contributed by atoms with Gasteiger partial charge in [-0.1, -0.05) is 18.0 Å². The molecular weight excluding hydrogens is 344 g/mol. The average Bonchev–Trinajstić information content (AvgIpc) is 2.76. The predicted octanol–water partition coefficient (Wildman–Crippen LogP) is 3.12. The molecule has 6 nitrogen and oxygen atoms in total. The van der Waals surface area contributed by atoms with E-state index in [0.29, 0.717) is 17.9 Å². The van der Waals surface area contributed by atoms with Crippen molar-refractivity contribution < 1.29 is 13.3 Å². The lowest BCUT2D eigenvalue weighted by Crippen LogP contribution is -2.24. The summed E-state index contributed by atoms with van der Waals surface area (Å²) in [7, 11) is -3.71. The van der Waals surface area contributed by atoms with Gasteiger partial charge in [-0.2, -0.15) is 11.8 Å². The molecule has 0 atom stereocenters. The van der Waals surface area contributed by atoms with Gasteiger partial charge in [0, 0.05) is 12.6 Å². The van der Waals surface area contributed by atoms with Crippen LogP contribution in [0.1, 0.15) is 19.3 Å². The molecule has 0 amide bonds. The largest absolute Gasteiger partial charge is 0.300 e. The number of sulfonamides is 1. The van der Waals surface area contributed by atoms with Gasteiger partial charge in [-0.15, -0.1) is 11.3 Å². The number of thiophene rings is 1. The Morgan fingerprint density at radius 2 is 2.15 bits per heavy atom. The first kappa shape index (κ1) is 17.7. The molecule has 0 aromatic carbocycles. The van der Waals surface area contributed by atoms with Gasteiger partial charge in [-0.05, 0) is 24.9 Å². The van der Waals surface area contributed by atoms with Crippen molar-refractivity contribution in [2.24, 2.45) is 0 Å². The van der Waals surface area contributed by atoms with Crippen LogP contribution in [0.2, 0.25) is 4.34 Å². The van der Waals surface area contributed by atoms with Crippen molar-refractivity contribution in [2.75, 3.05) is 18.6 Å². The Balaban J connectivity index is 2.56. The van der Waals surface area contributed by atoms with Crippen LogP contribution in [0, 0.1) is 10.1 Å². The molecule has 1 aromatic heterocycles. The summed E-state index contributed by atoms with van der Waals surface area (Å²) in [5.41, 5.74) is -0.378. The molecule has 0 aliphatic heterocycles. The summed E-state index contributed by atoms with van der Waals surface area (Å²) in [6.45, 7) is 0.319. The Kier molecular flexibility index (Phi) is 7.24. The Morgan fingerprint density at radius 3 is 2.70 bits per heavy atom. The first-order chi connectivity index (χ1) is 9.38. The molecule has 0 unspecified atom stereocenters. The third kappa shape index (κ3) is 5.21. The van der Waals surface area contributed by atoms with Crippen molar-refractivity contribution in [3.05, 3.63) is 20.5 Å². The van der Waals surface area contributed by atoms with E-state index in [9.17, 15) is 18.5 Å². The number of halogens is 1. The molecule has 0 spiro atoms. The highest BCUT2D eigenvalue weighted by Crippen LogP contribution is 2.36. The predicted molar refractivity (Wildman–Crippen MR) is 83.4 cm³/mol.